The molecule has 0 unspecified atom stereocenters. The minimum Gasteiger partial charge on any atom is -0.396 e. The number of rotatable bonds is 6. The number of aliphatic hydroxyl groups excluding tert-OH is 1. The van der Waals surface area contributed by atoms with Gasteiger partial charge in [0.15, 0.2) is 0 Å². The van der Waals surface area contributed by atoms with Gasteiger partial charge >= 0.3 is 0 Å². The van der Waals surface area contributed by atoms with Gasteiger partial charge in [-0.1, -0.05) is 39.3 Å². The van der Waals surface area contributed by atoms with Crippen molar-refractivity contribution in [3.8, 4) is 0 Å². The average Bonchev–Trinajstić information content (AvgIpc) is 2.04. The Hall–Kier alpha value is -0.300. The Labute approximate surface area is 76.5 Å². The van der Waals surface area contributed by atoms with Crippen LogP contribution in [-0.4, -0.2) is 11.7 Å². The lowest BCUT2D eigenvalue weighted by atomic mass is 10.0. The molecular formula is C11H22O. The van der Waals surface area contributed by atoms with Crippen LogP contribution in [0.1, 0.15) is 40.0 Å². The van der Waals surface area contributed by atoms with Crippen molar-refractivity contribution >= 4 is 0 Å². The van der Waals surface area contributed by atoms with E-state index in [2.05, 4.69) is 32.9 Å². The van der Waals surface area contributed by atoms with Gasteiger partial charge in [-0.25, -0.2) is 0 Å². The van der Waals surface area contributed by atoms with Crippen molar-refractivity contribution in [2.24, 2.45) is 11.8 Å². The Bertz CT molecular complexity index is 118. The molecule has 0 bridgehead atoms. The molecule has 1 nitrogen and oxygen atoms in total. The third-order valence-corrected chi connectivity index (χ3v) is 2.06. The number of hydrogen-bond donors (Lipinski definition) is 1. The van der Waals surface area contributed by atoms with Gasteiger partial charge in [0.05, 0.1) is 0 Å². The van der Waals surface area contributed by atoms with Crippen LogP contribution in [0.15, 0.2) is 12.2 Å². The zero-order valence-electron chi connectivity index (χ0n) is 8.59. The smallest absolute Gasteiger partial charge is 0.0459 e. The molecule has 0 radical (unpaired) electrons. The summed E-state index contributed by atoms with van der Waals surface area (Å²) < 4.78 is 0. The van der Waals surface area contributed by atoms with E-state index in [1.165, 1.54) is 12.8 Å². The first-order valence-electron chi connectivity index (χ1n) is 4.98. The molecule has 0 heterocycles. The first-order valence-corrected chi connectivity index (χ1v) is 4.98. The Morgan fingerprint density at radius 2 is 2.00 bits per heavy atom. The molecular weight excluding hydrogens is 148 g/mol. The van der Waals surface area contributed by atoms with Gasteiger partial charge in [-0.3, -0.25) is 0 Å². The highest BCUT2D eigenvalue weighted by molar-refractivity contribution is 4.87. The lowest BCUT2D eigenvalue weighted by Crippen LogP contribution is -1.98. The summed E-state index contributed by atoms with van der Waals surface area (Å²) in [5, 5.41) is 8.77. The van der Waals surface area contributed by atoms with Crippen molar-refractivity contribution in [1.82, 2.24) is 0 Å². The monoisotopic (exact) mass is 170 g/mol. The van der Waals surface area contributed by atoms with Crippen LogP contribution in [-0.2, 0) is 0 Å². The summed E-state index contributed by atoms with van der Waals surface area (Å²) in [6.45, 7) is 6.81. The van der Waals surface area contributed by atoms with E-state index in [0.29, 0.717) is 18.4 Å². The predicted molar refractivity (Wildman–Crippen MR) is 54.1 cm³/mol. The third-order valence-electron chi connectivity index (χ3n) is 2.06. The predicted octanol–water partition coefficient (Wildman–Crippen LogP) is 3.00. The molecule has 0 aromatic heterocycles. The standard InChI is InChI=1S/C11H22O/c1-4-6-10(2)7-5-8-11(3)9-12/h5,7,10-12H,4,6,8-9H2,1-3H3/b7-5+/t10-,11+/m1/s1. The van der Waals surface area contributed by atoms with Gasteiger partial charge in [-0.15, -0.1) is 0 Å². The van der Waals surface area contributed by atoms with E-state index in [-0.39, 0.29) is 0 Å². The van der Waals surface area contributed by atoms with Crippen molar-refractivity contribution in [1.29, 1.82) is 0 Å². The van der Waals surface area contributed by atoms with Gasteiger partial charge in [0.1, 0.15) is 0 Å². The van der Waals surface area contributed by atoms with Crippen LogP contribution >= 0.6 is 0 Å². The fourth-order valence-electron chi connectivity index (χ4n) is 1.17. The average molecular weight is 170 g/mol. The molecule has 0 amide bonds. The molecule has 0 saturated heterocycles. The molecule has 2 atom stereocenters. The van der Waals surface area contributed by atoms with Crippen LogP contribution in [0.25, 0.3) is 0 Å². The van der Waals surface area contributed by atoms with E-state index in [0.717, 1.165) is 6.42 Å². The van der Waals surface area contributed by atoms with Crippen LogP contribution in [0, 0.1) is 11.8 Å². The lowest BCUT2D eigenvalue weighted by Gasteiger charge is -2.04. The second kappa shape index (κ2) is 7.35. The lowest BCUT2D eigenvalue weighted by molar-refractivity contribution is 0.238. The first-order chi connectivity index (χ1) is 5.70. The Kier molecular flexibility index (Phi) is 7.17. The quantitative estimate of drug-likeness (QED) is 0.608. The number of hydrogen-bond acceptors (Lipinski definition) is 1. The summed E-state index contributed by atoms with van der Waals surface area (Å²) in [6, 6.07) is 0. The maximum atomic E-state index is 8.77. The van der Waals surface area contributed by atoms with Crippen molar-refractivity contribution < 1.29 is 5.11 Å². The highest BCUT2D eigenvalue weighted by Gasteiger charge is 1.97. The zero-order valence-corrected chi connectivity index (χ0v) is 8.59. The fraction of sp³-hybridized carbons (Fsp3) is 0.818. The molecule has 0 fully saturated rings. The summed E-state index contributed by atoms with van der Waals surface area (Å²) >= 11 is 0. The van der Waals surface area contributed by atoms with Crippen LogP contribution in [0.4, 0.5) is 0 Å². The van der Waals surface area contributed by atoms with Gasteiger partial charge < -0.3 is 5.11 Å². The van der Waals surface area contributed by atoms with E-state index >= 15 is 0 Å². The van der Waals surface area contributed by atoms with E-state index in [9.17, 15) is 0 Å². The van der Waals surface area contributed by atoms with Crippen LogP contribution in [0.5, 0.6) is 0 Å². The minimum atomic E-state index is 0.298. The highest BCUT2D eigenvalue weighted by atomic mass is 16.3. The topological polar surface area (TPSA) is 20.2 Å². The summed E-state index contributed by atoms with van der Waals surface area (Å²) in [6.07, 6.45) is 7.98. The van der Waals surface area contributed by atoms with Gasteiger partial charge in [0.25, 0.3) is 0 Å². The Balaban J connectivity index is 3.46. The van der Waals surface area contributed by atoms with Crippen molar-refractivity contribution in [2.45, 2.75) is 40.0 Å². The molecule has 12 heavy (non-hydrogen) atoms. The summed E-state index contributed by atoms with van der Waals surface area (Å²) in [5.41, 5.74) is 0. The van der Waals surface area contributed by atoms with Crippen LogP contribution < -0.4 is 0 Å². The van der Waals surface area contributed by atoms with Crippen molar-refractivity contribution in [2.75, 3.05) is 6.61 Å². The van der Waals surface area contributed by atoms with Crippen molar-refractivity contribution in [3.05, 3.63) is 12.2 Å². The van der Waals surface area contributed by atoms with E-state index < -0.39 is 0 Å². The molecule has 72 valence electrons. The summed E-state index contributed by atoms with van der Waals surface area (Å²) in [4.78, 5) is 0. The second-order valence-electron chi connectivity index (χ2n) is 3.72. The molecule has 0 aliphatic carbocycles. The number of allylic oxidation sites excluding steroid dienone is 2. The maximum absolute atomic E-state index is 8.77. The van der Waals surface area contributed by atoms with Gasteiger partial charge in [0, 0.05) is 6.61 Å². The van der Waals surface area contributed by atoms with Crippen LogP contribution in [0.2, 0.25) is 0 Å². The normalized spacial score (nSPS) is 16.7. The molecule has 0 aliphatic heterocycles. The SMILES string of the molecule is CCC[C@@H](C)/C=C/C[C@H](C)CO. The summed E-state index contributed by atoms with van der Waals surface area (Å²) in [7, 11) is 0. The van der Waals surface area contributed by atoms with Gasteiger partial charge in [-0.2, -0.15) is 0 Å². The van der Waals surface area contributed by atoms with E-state index in [1.54, 1.807) is 0 Å². The van der Waals surface area contributed by atoms with E-state index in [4.69, 9.17) is 5.11 Å². The summed E-state index contributed by atoms with van der Waals surface area (Å²) in [5.74, 6) is 1.11. The van der Waals surface area contributed by atoms with E-state index in [1.807, 2.05) is 0 Å². The highest BCUT2D eigenvalue weighted by Crippen LogP contribution is 2.08. The molecule has 0 aromatic carbocycles. The van der Waals surface area contributed by atoms with Gasteiger partial charge in [0.2, 0.25) is 0 Å². The molecule has 1 heteroatoms. The Morgan fingerprint density at radius 3 is 2.50 bits per heavy atom. The second-order valence-corrected chi connectivity index (χ2v) is 3.72. The minimum absolute atomic E-state index is 0.298. The molecule has 0 saturated carbocycles. The molecule has 0 aromatic rings. The zero-order chi connectivity index (χ0) is 9.40. The largest absolute Gasteiger partial charge is 0.396 e. The molecule has 1 N–H and O–H groups in total. The van der Waals surface area contributed by atoms with Crippen molar-refractivity contribution in [3.63, 3.8) is 0 Å². The molecule has 0 spiro atoms. The Morgan fingerprint density at radius 1 is 1.33 bits per heavy atom. The third kappa shape index (κ3) is 6.41. The van der Waals surface area contributed by atoms with Gasteiger partial charge in [-0.05, 0) is 24.7 Å². The molecule has 0 rings (SSSR count). The first kappa shape index (κ1) is 11.7. The molecule has 0 aliphatic rings. The van der Waals surface area contributed by atoms with Crippen LogP contribution in [0.3, 0.4) is 0 Å². The maximum Gasteiger partial charge on any atom is 0.0459 e. The number of aliphatic hydroxyl groups is 1. The fourth-order valence-corrected chi connectivity index (χ4v) is 1.17.